The number of amides is 1. The Balaban J connectivity index is 1.37. The number of rotatable bonds is 2. The van der Waals surface area contributed by atoms with Crippen LogP contribution in [0.15, 0.2) is 35.8 Å². The minimum Gasteiger partial charge on any atom is -0.485 e. The maximum absolute atomic E-state index is 12.6. The number of carbonyl (C=O) groups is 1. The molecule has 1 aromatic carbocycles. The summed E-state index contributed by atoms with van der Waals surface area (Å²) in [6.45, 7) is 3.22. The number of aromatic nitrogens is 1. The Kier molecular flexibility index (Phi) is 3.78. The molecule has 6 nitrogen and oxygen atoms in total. The lowest BCUT2D eigenvalue weighted by atomic mass is 10.2. The van der Waals surface area contributed by atoms with E-state index in [1.165, 1.54) is 0 Å². The molecule has 1 fully saturated rings. The van der Waals surface area contributed by atoms with Crippen molar-refractivity contribution in [3.63, 3.8) is 0 Å². The Labute approximate surface area is 138 Å². The molecule has 0 N–H and O–H groups in total. The molecule has 4 rings (SSSR count). The molecule has 1 atom stereocenters. The summed E-state index contributed by atoms with van der Waals surface area (Å²) < 4.78 is 11.4. The minimum absolute atomic E-state index is 0.00158. The predicted molar refractivity (Wildman–Crippen MR) is 87.3 cm³/mol. The molecule has 23 heavy (non-hydrogen) atoms. The molecule has 7 heteroatoms. The van der Waals surface area contributed by atoms with Crippen molar-refractivity contribution < 1.29 is 14.3 Å². The first-order chi connectivity index (χ1) is 11.3. The molecule has 0 saturated carbocycles. The predicted octanol–water partition coefficient (Wildman–Crippen LogP) is 1.63. The highest BCUT2D eigenvalue weighted by Gasteiger charge is 2.32. The first-order valence-electron chi connectivity index (χ1n) is 7.63. The zero-order valence-corrected chi connectivity index (χ0v) is 13.4. The van der Waals surface area contributed by atoms with Crippen molar-refractivity contribution in [3.8, 4) is 11.5 Å². The SMILES string of the molecule is O=C([C@@H]1COc2ccccc2O1)N1CCN(c2nccs2)CC1. The molecule has 2 aliphatic heterocycles. The summed E-state index contributed by atoms with van der Waals surface area (Å²) in [6, 6.07) is 7.45. The fourth-order valence-electron chi connectivity index (χ4n) is 2.84. The van der Waals surface area contributed by atoms with Crippen LogP contribution in [0.4, 0.5) is 5.13 Å². The van der Waals surface area contributed by atoms with E-state index in [9.17, 15) is 4.79 Å². The highest BCUT2D eigenvalue weighted by molar-refractivity contribution is 7.13. The van der Waals surface area contributed by atoms with Crippen molar-refractivity contribution in [2.45, 2.75) is 6.10 Å². The van der Waals surface area contributed by atoms with Gasteiger partial charge in [0.2, 0.25) is 6.10 Å². The molecular formula is C16H17N3O3S. The Hall–Kier alpha value is -2.28. The molecule has 120 valence electrons. The van der Waals surface area contributed by atoms with E-state index in [1.54, 1.807) is 11.3 Å². The topological polar surface area (TPSA) is 54.9 Å². The number of carbonyl (C=O) groups excluding carboxylic acids is 1. The van der Waals surface area contributed by atoms with Crippen molar-refractivity contribution in [1.29, 1.82) is 0 Å². The van der Waals surface area contributed by atoms with Gasteiger partial charge in [-0.1, -0.05) is 12.1 Å². The van der Waals surface area contributed by atoms with Crippen molar-refractivity contribution in [1.82, 2.24) is 9.88 Å². The van der Waals surface area contributed by atoms with Gasteiger partial charge < -0.3 is 19.3 Å². The summed E-state index contributed by atoms with van der Waals surface area (Å²) in [5, 5.41) is 2.99. The Morgan fingerprint density at radius 1 is 1.17 bits per heavy atom. The smallest absolute Gasteiger partial charge is 0.267 e. The van der Waals surface area contributed by atoms with Crippen LogP contribution in [0.3, 0.4) is 0 Å². The second kappa shape index (κ2) is 6.08. The number of anilines is 1. The summed E-state index contributed by atoms with van der Waals surface area (Å²) in [4.78, 5) is 21.0. The number of benzene rings is 1. The first-order valence-corrected chi connectivity index (χ1v) is 8.51. The van der Waals surface area contributed by atoms with Crippen LogP contribution in [-0.4, -0.2) is 54.7 Å². The van der Waals surface area contributed by atoms with Gasteiger partial charge in [-0.25, -0.2) is 4.98 Å². The number of fused-ring (bicyclic) bond motifs is 1. The van der Waals surface area contributed by atoms with Crippen LogP contribution in [-0.2, 0) is 4.79 Å². The third-order valence-electron chi connectivity index (χ3n) is 4.07. The number of thiazole rings is 1. The lowest BCUT2D eigenvalue weighted by Gasteiger charge is -2.37. The van der Waals surface area contributed by atoms with E-state index in [2.05, 4.69) is 9.88 Å². The van der Waals surface area contributed by atoms with E-state index >= 15 is 0 Å². The van der Waals surface area contributed by atoms with Gasteiger partial charge in [-0.15, -0.1) is 11.3 Å². The number of piperazine rings is 1. The largest absolute Gasteiger partial charge is 0.485 e. The molecular weight excluding hydrogens is 314 g/mol. The third kappa shape index (κ3) is 2.84. The van der Waals surface area contributed by atoms with E-state index in [0.29, 0.717) is 24.6 Å². The molecule has 1 saturated heterocycles. The lowest BCUT2D eigenvalue weighted by Crippen LogP contribution is -2.54. The molecule has 1 amide bonds. The summed E-state index contributed by atoms with van der Waals surface area (Å²) in [7, 11) is 0. The average molecular weight is 331 g/mol. The molecule has 1 aromatic heterocycles. The second-order valence-electron chi connectivity index (χ2n) is 5.49. The summed E-state index contributed by atoms with van der Waals surface area (Å²) in [5.41, 5.74) is 0. The zero-order valence-electron chi connectivity index (χ0n) is 12.6. The van der Waals surface area contributed by atoms with Crippen LogP contribution in [0.2, 0.25) is 0 Å². The Bertz CT molecular complexity index is 684. The van der Waals surface area contributed by atoms with Gasteiger partial charge in [0.1, 0.15) is 6.61 Å². The maximum atomic E-state index is 12.6. The first kappa shape index (κ1) is 14.3. The van der Waals surface area contributed by atoms with Gasteiger partial charge in [0.05, 0.1) is 0 Å². The van der Waals surface area contributed by atoms with E-state index in [4.69, 9.17) is 9.47 Å². The lowest BCUT2D eigenvalue weighted by molar-refractivity contribution is -0.141. The van der Waals surface area contributed by atoms with Crippen LogP contribution in [0.5, 0.6) is 11.5 Å². The van der Waals surface area contributed by atoms with Crippen molar-refractivity contribution >= 4 is 22.4 Å². The number of hydrogen-bond acceptors (Lipinski definition) is 6. The molecule has 3 heterocycles. The van der Waals surface area contributed by atoms with Gasteiger partial charge >= 0.3 is 0 Å². The number of nitrogens with zero attached hydrogens (tertiary/aromatic N) is 3. The van der Waals surface area contributed by atoms with Gasteiger partial charge in [0.25, 0.3) is 5.91 Å². The fraction of sp³-hybridized carbons (Fsp3) is 0.375. The fourth-order valence-corrected chi connectivity index (χ4v) is 3.53. The molecule has 0 unspecified atom stereocenters. The van der Waals surface area contributed by atoms with Gasteiger partial charge in [0.15, 0.2) is 16.6 Å². The standard InChI is InChI=1S/C16H17N3O3S/c20-15(14-11-21-12-3-1-2-4-13(12)22-14)18-6-8-19(9-7-18)16-17-5-10-23-16/h1-5,10,14H,6-9,11H2/t14-/m0/s1. The number of para-hydroxylation sites is 2. The van der Waals surface area contributed by atoms with Crippen LogP contribution in [0, 0.1) is 0 Å². The Morgan fingerprint density at radius 3 is 2.70 bits per heavy atom. The average Bonchev–Trinajstić information content (AvgIpc) is 3.15. The molecule has 2 aromatic rings. The minimum atomic E-state index is -0.559. The van der Waals surface area contributed by atoms with E-state index in [0.717, 1.165) is 18.2 Å². The molecule has 0 aliphatic carbocycles. The molecule has 0 bridgehead atoms. The van der Waals surface area contributed by atoms with Crippen molar-refractivity contribution in [2.24, 2.45) is 0 Å². The molecule has 0 spiro atoms. The highest BCUT2D eigenvalue weighted by atomic mass is 32.1. The number of hydrogen-bond donors (Lipinski definition) is 0. The quantitative estimate of drug-likeness (QED) is 0.837. The second-order valence-corrected chi connectivity index (χ2v) is 6.36. The summed E-state index contributed by atoms with van der Waals surface area (Å²) >= 11 is 1.63. The van der Waals surface area contributed by atoms with Gasteiger partial charge in [-0.3, -0.25) is 4.79 Å². The number of ether oxygens (including phenoxy) is 2. The van der Waals surface area contributed by atoms with Gasteiger partial charge in [-0.05, 0) is 12.1 Å². The Morgan fingerprint density at radius 2 is 1.96 bits per heavy atom. The summed E-state index contributed by atoms with van der Waals surface area (Å²) in [5.74, 6) is 1.34. The van der Waals surface area contributed by atoms with Crippen LogP contribution in [0.1, 0.15) is 0 Å². The molecule has 2 aliphatic rings. The highest BCUT2D eigenvalue weighted by Crippen LogP contribution is 2.31. The van der Waals surface area contributed by atoms with Crippen LogP contribution in [0.25, 0.3) is 0 Å². The van der Waals surface area contributed by atoms with E-state index in [1.807, 2.05) is 40.7 Å². The maximum Gasteiger partial charge on any atom is 0.267 e. The normalized spacial score (nSPS) is 20.4. The van der Waals surface area contributed by atoms with Crippen LogP contribution < -0.4 is 14.4 Å². The summed E-state index contributed by atoms with van der Waals surface area (Å²) in [6.07, 6.45) is 1.25. The van der Waals surface area contributed by atoms with Gasteiger partial charge in [0, 0.05) is 37.8 Å². The zero-order chi connectivity index (χ0) is 15.6. The van der Waals surface area contributed by atoms with E-state index in [-0.39, 0.29) is 12.5 Å². The monoisotopic (exact) mass is 331 g/mol. The molecule has 0 radical (unpaired) electrons. The van der Waals surface area contributed by atoms with Crippen molar-refractivity contribution in [2.75, 3.05) is 37.7 Å². The van der Waals surface area contributed by atoms with Crippen LogP contribution >= 0.6 is 11.3 Å². The van der Waals surface area contributed by atoms with Gasteiger partial charge in [-0.2, -0.15) is 0 Å². The van der Waals surface area contributed by atoms with E-state index < -0.39 is 6.10 Å². The third-order valence-corrected chi connectivity index (χ3v) is 4.90. The van der Waals surface area contributed by atoms with Crippen molar-refractivity contribution in [3.05, 3.63) is 35.8 Å².